The Morgan fingerprint density at radius 3 is 1.67 bits per heavy atom. The quantitative estimate of drug-likeness (QED) is 0.0385. The summed E-state index contributed by atoms with van der Waals surface area (Å²) in [6.45, 7) is 16.2. The Morgan fingerprint density at radius 1 is 0.644 bits per heavy atom. The third-order valence-electron chi connectivity index (χ3n) is 15.6. The van der Waals surface area contributed by atoms with Crippen molar-refractivity contribution in [2.24, 2.45) is 9.98 Å². The van der Waals surface area contributed by atoms with Crippen LogP contribution >= 0.6 is 11.8 Å². The number of nitrogens with one attached hydrogen (secondary N) is 1. The highest BCUT2D eigenvalue weighted by Crippen LogP contribution is 2.41. The maximum atomic E-state index is 13.8. The van der Waals surface area contributed by atoms with Crippen molar-refractivity contribution in [3.05, 3.63) is 82.2 Å². The first kappa shape index (κ1) is 65.9. The van der Waals surface area contributed by atoms with Gasteiger partial charge in [-0.3, -0.25) is 43.8 Å². The topological polar surface area (TPSA) is 240 Å². The van der Waals surface area contributed by atoms with Crippen LogP contribution in [0.4, 0.5) is 11.4 Å². The highest BCUT2D eigenvalue weighted by atomic mass is 32.2. The Morgan fingerprint density at radius 2 is 1.16 bits per heavy atom. The van der Waals surface area contributed by atoms with Gasteiger partial charge in [-0.05, 0) is 45.2 Å². The summed E-state index contributed by atoms with van der Waals surface area (Å²) in [6.07, 6.45) is 10.5. The molecule has 24 heteroatoms. The number of hydrogen-bond donors (Lipinski definition) is 1. The number of amides is 4. The number of nitrogens with zero attached hydrogens (tertiary/aromatic N) is 7. The number of allylic oxidation sites excluding steroid dienone is 2. The average Bonchev–Trinajstić information content (AvgIpc) is 1.99. The van der Waals surface area contributed by atoms with Crippen molar-refractivity contribution in [1.82, 2.24) is 29.9 Å². The van der Waals surface area contributed by atoms with Crippen LogP contribution in [0.15, 0.2) is 69.7 Å². The predicted octanol–water partition coefficient (Wildman–Crippen LogP) is 6.57. The molecule has 472 valence electrons. The number of fused-ring (bicyclic) bond motifs is 4. The number of pyridine rings is 1. The first-order valence-electron chi connectivity index (χ1n) is 29.8. The molecule has 3 aromatic rings. The zero-order chi connectivity index (χ0) is 61.7. The molecular weight excluding hydrogens is 1140 g/mol. The van der Waals surface area contributed by atoms with E-state index in [0.29, 0.717) is 187 Å². The van der Waals surface area contributed by atoms with E-state index in [1.54, 1.807) is 24.3 Å². The van der Waals surface area contributed by atoms with Gasteiger partial charge in [-0.2, -0.15) is 0 Å². The fourth-order valence-electron chi connectivity index (χ4n) is 10.4. The minimum absolute atomic E-state index is 0.0123. The van der Waals surface area contributed by atoms with Gasteiger partial charge in [-0.25, -0.2) is 0 Å². The SMILES string of the molecule is C/C=C1\CC2C=Nc3cc(OCc4cc(OCCN5CCN(C(=O)CCC(C)(C)SCC(=O)NCCOCCOCCOCCOCCC(=O)OC)CC5)cc(COc5cc6c(cc5OC)C(=O)N5C/C(=C/C)C[C@H]5C=N6)n4)c(OC)cc3C(=O)N2C1. The number of aromatic nitrogens is 1. The van der Waals surface area contributed by atoms with E-state index in [2.05, 4.69) is 41.0 Å². The minimum atomic E-state index is -0.311. The van der Waals surface area contributed by atoms with E-state index in [0.717, 1.165) is 12.8 Å². The monoisotopic (exact) mass is 1220 g/mol. The van der Waals surface area contributed by atoms with Gasteiger partial charge in [0.2, 0.25) is 11.8 Å². The van der Waals surface area contributed by atoms with E-state index < -0.39 is 0 Å². The van der Waals surface area contributed by atoms with Crippen LogP contribution in [-0.4, -0.2) is 222 Å². The second-order valence-corrected chi connectivity index (χ2v) is 23.7. The van der Waals surface area contributed by atoms with E-state index in [9.17, 15) is 24.0 Å². The van der Waals surface area contributed by atoms with Crippen molar-refractivity contribution in [1.29, 1.82) is 0 Å². The standard InChI is InChI=1S/C63H84N8O15S/c1-8-43-28-47-36-65-52-34-56(54(77-5)32-50(52)61(75)70(47)38-43)85-40-45-30-49(31-46(67-45)41-86-57-35-53-51(33-55(57)78-6)62(76)71-39-44(9-2)29-48(71)37-66-53)84-21-18-68-14-16-69(17-15-68)59(73)10-12-63(3,4)87-42-58(72)64-13-20-81-23-25-83-27-26-82-24-22-80-19-11-60(74)79-7/h8-9,30-37,47-48H,10-29,38-42H2,1-7H3,(H,64,72)/b43-8+,44-9+/t47-,48?/m0/s1. The highest BCUT2D eigenvalue weighted by molar-refractivity contribution is 8.01. The summed E-state index contributed by atoms with van der Waals surface area (Å²) < 4.78 is 56.9. The second-order valence-electron chi connectivity index (χ2n) is 22.0. The molecule has 1 aromatic heterocycles. The zero-order valence-electron chi connectivity index (χ0n) is 51.3. The number of benzene rings is 2. The summed E-state index contributed by atoms with van der Waals surface area (Å²) >= 11 is 1.53. The number of hydrogen-bond acceptors (Lipinski definition) is 20. The molecular formula is C63H84N8O15S. The summed E-state index contributed by atoms with van der Waals surface area (Å²) in [5.41, 5.74) is 5.32. The average molecular weight is 1230 g/mol. The largest absolute Gasteiger partial charge is 0.493 e. The van der Waals surface area contributed by atoms with Crippen LogP contribution in [0.5, 0.6) is 28.7 Å². The van der Waals surface area contributed by atoms with E-state index in [-0.39, 0.29) is 71.8 Å². The third kappa shape index (κ3) is 19.0. The second kappa shape index (κ2) is 32.8. The van der Waals surface area contributed by atoms with Crippen molar-refractivity contribution in [2.75, 3.05) is 139 Å². The maximum absolute atomic E-state index is 13.8. The van der Waals surface area contributed by atoms with Gasteiger partial charge < -0.3 is 67.4 Å². The van der Waals surface area contributed by atoms with Crippen LogP contribution in [0.2, 0.25) is 0 Å². The number of thioether (sulfide) groups is 1. The highest BCUT2D eigenvalue weighted by Gasteiger charge is 2.36. The van der Waals surface area contributed by atoms with Crippen LogP contribution < -0.4 is 29.0 Å². The first-order valence-corrected chi connectivity index (χ1v) is 30.8. The third-order valence-corrected chi connectivity index (χ3v) is 17.0. The van der Waals surface area contributed by atoms with Gasteiger partial charge in [0.1, 0.15) is 25.6 Å². The molecule has 0 spiro atoms. The number of piperazine rings is 1. The van der Waals surface area contributed by atoms with Gasteiger partial charge in [-0.15, -0.1) is 11.8 Å². The molecule has 0 saturated carbocycles. The molecule has 4 amide bonds. The van der Waals surface area contributed by atoms with Gasteiger partial charge in [0.15, 0.2) is 23.0 Å². The number of ether oxygens (including phenoxy) is 10. The van der Waals surface area contributed by atoms with E-state index in [1.807, 2.05) is 53.1 Å². The fourth-order valence-corrected chi connectivity index (χ4v) is 11.3. The predicted molar refractivity (Wildman–Crippen MR) is 329 cm³/mol. The van der Waals surface area contributed by atoms with Crippen LogP contribution in [0.25, 0.3) is 0 Å². The van der Waals surface area contributed by atoms with Crippen LogP contribution in [0, 0.1) is 0 Å². The Balaban J connectivity index is 0.793. The lowest BCUT2D eigenvalue weighted by Crippen LogP contribution is -2.49. The van der Waals surface area contributed by atoms with Crippen molar-refractivity contribution in [3.8, 4) is 28.7 Å². The number of rotatable bonds is 33. The lowest BCUT2D eigenvalue weighted by Gasteiger charge is -2.35. The Bertz CT molecular complexity index is 2860. The zero-order valence-corrected chi connectivity index (χ0v) is 52.1. The lowest BCUT2D eigenvalue weighted by molar-refractivity contribution is -0.142. The minimum Gasteiger partial charge on any atom is -0.493 e. The smallest absolute Gasteiger partial charge is 0.307 e. The van der Waals surface area contributed by atoms with Crippen LogP contribution in [0.1, 0.15) is 91.9 Å². The molecule has 0 aliphatic carbocycles. The van der Waals surface area contributed by atoms with Crippen molar-refractivity contribution < 1.29 is 71.3 Å². The van der Waals surface area contributed by atoms with Crippen LogP contribution in [-0.2, 0) is 51.3 Å². The van der Waals surface area contributed by atoms with E-state index in [4.69, 9.17) is 57.6 Å². The molecule has 6 heterocycles. The van der Waals surface area contributed by atoms with Gasteiger partial charge >= 0.3 is 5.97 Å². The van der Waals surface area contributed by atoms with E-state index in [1.165, 1.54) is 44.2 Å². The summed E-state index contributed by atoms with van der Waals surface area (Å²) in [5, 5.41) is 2.90. The molecule has 0 bridgehead atoms. The van der Waals surface area contributed by atoms with Crippen molar-refractivity contribution >= 4 is 65.2 Å². The van der Waals surface area contributed by atoms with Gasteiger partial charge in [0.25, 0.3) is 11.8 Å². The van der Waals surface area contributed by atoms with Gasteiger partial charge in [0, 0.05) is 100 Å². The molecule has 23 nitrogen and oxygen atoms in total. The van der Waals surface area contributed by atoms with Crippen molar-refractivity contribution in [3.63, 3.8) is 0 Å². The van der Waals surface area contributed by atoms with E-state index >= 15 is 0 Å². The number of aliphatic imine (C=N–C) groups is 2. The van der Waals surface area contributed by atoms with Gasteiger partial charge in [0.05, 0.1) is 132 Å². The number of carbonyl (C=O) groups excluding carboxylic acids is 5. The Labute approximate surface area is 514 Å². The number of esters is 1. The molecule has 87 heavy (non-hydrogen) atoms. The normalized spacial score (nSPS) is 18.3. The molecule has 0 radical (unpaired) electrons. The first-order chi connectivity index (χ1) is 42.2. The molecule has 1 N–H and O–H groups in total. The molecule has 2 aromatic carbocycles. The number of methoxy groups -OCH3 is 3. The van der Waals surface area contributed by atoms with Gasteiger partial charge in [-0.1, -0.05) is 37.1 Å². The molecule has 5 aliphatic rings. The fraction of sp³-hybridized carbons (Fsp3) is 0.556. The van der Waals surface area contributed by atoms with Crippen LogP contribution in [0.3, 0.4) is 0 Å². The molecule has 1 unspecified atom stereocenters. The maximum Gasteiger partial charge on any atom is 0.307 e. The summed E-state index contributed by atoms with van der Waals surface area (Å²) in [4.78, 5) is 87.0. The molecule has 5 aliphatic heterocycles. The molecule has 8 rings (SSSR count). The molecule has 3 fully saturated rings. The number of carbonyl (C=O) groups is 5. The summed E-state index contributed by atoms with van der Waals surface area (Å²) in [7, 11) is 4.41. The Hall–Kier alpha value is -7.09. The lowest BCUT2D eigenvalue weighted by atomic mass is 10.1. The Kier molecular flexibility index (Phi) is 24.8. The molecule has 3 saturated heterocycles. The summed E-state index contributed by atoms with van der Waals surface area (Å²) in [5.74, 6) is 1.83. The van der Waals surface area contributed by atoms with Crippen molar-refractivity contribution in [2.45, 2.75) is 89.8 Å². The summed E-state index contributed by atoms with van der Waals surface area (Å²) in [6, 6.07) is 10.2. The molecule has 2 atom stereocenters.